The molecule has 2 N–H and O–H groups in total. The Morgan fingerprint density at radius 3 is 2.15 bits per heavy atom. The third-order valence-corrected chi connectivity index (χ3v) is 7.41. The summed E-state index contributed by atoms with van der Waals surface area (Å²) in [5, 5.41) is 5.08. The van der Waals surface area contributed by atoms with E-state index in [2.05, 4.69) is 10.6 Å². The largest absolute Gasteiger partial charge is 0.497 e. The van der Waals surface area contributed by atoms with E-state index < -0.39 is 21.8 Å². The number of carbonyl (C=O) groups excluding carboxylic acids is 2. The summed E-state index contributed by atoms with van der Waals surface area (Å²) in [7, 11) is -2.23. The maximum absolute atomic E-state index is 13.3. The average Bonchev–Trinajstić information content (AvgIpc) is 2.84. The van der Waals surface area contributed by atoms with Crippen LogP contribution in [0.4, 0.5) is 17.1 Å². The van der Waals surface area contributed by atoms with Gasteiger partial charge in [0, 0.05) is 17.9 Å². The molecule has 176 valence electrons. The lowest BCUT2D eigenvalue weighted by atomic mass is 10.0. The molecule has 3 aromatic rings. The standard InChI is InChI=1S/C25H25N3O5S/c1-17-5-13-22(14-6-17)34(31,32)28-15-3-4-18-7-8-20(16-23(18)28)27-25(30)24(29)26-19-9-11-21(33-2)12-10-19/h5-14,16H,3-4,15H2,1-2H3,(H,26,29)(H,27,30). The second-order valence-electron chi connectivity index (χ2n) is 7.97. The third-order valence-electron chi connectivity index (χ3n) is 5.58. The van der Waals surface area contributed by atoms with Gasteiger partial charge in [-0.3, -0.25) is 13.9 Å². The van der Waals surface area contributed by atoms with E-state index in [1.54, 1.807) is 66.7 Å². The van der Waals surface area contributed by atoms with Gasteiger partial charge in [0.2, 0.25) is 0 Å². The smallest absolute Gasteiger partial charge is 0.314 e. The summed E-state index contributed by atoms with van der Waals surface area (Å²) >= 11 is 0. The van der Waals surface area contributed by atoms with Gasteiger partial charge in [-0.1, -0.05) is 23.8 Å². The van der Waals surface area contributed by atoms with Crippen LogP contribution in [0.15, 0.2) is 71.6 Å². The fourth-order valence-electron chi connectivity index (χ4n) is 3.76. The van der Waals surface area contributed by atoms with Crippen LogP contribution >= 0.6 is 0 Å². The summed E-state index contributed by atoms with van der Waals surface area (Å²) in [6.45, 7) is 2.23. The summed E-state index contributed by atoms with van der Waals surface area (Å²) in [5.74, 6) is -1.08. The van der Waals surface area contributed by atoms with Crippen LogP contribution in [0.3, 0.4) is 0 Å². The van der Waals surface area contributed by atoms with Crippen LogP contribution in [-0.4, -0.2) is 33.9 Å². The van der Waals surface area contributed by atoms with Gasteiger partial charge in [-0.25, -0.2) is 8.42 Å². The molecule has 9 heteroatoms. The van der Waals surface area contributed by atoms with E-state index >= 15 is 0 Å². The van der Waals surface area contributed by atoms with Gasteiger partial charge in [-0.2, -0.15) is 0 Å². The number of hydrogen-bond acceptors (Lipinski definition) is 5. The van der Waals surface area contributed by atoms with Crippen molar-refractivity contribution in [2.75, 3.05) is 28.6 Å². The molecule has 34 heavy (non-hydrogen) atoms. The summed E-state index contributed by atoms with van der Waals surface area (Å²) in [5.41, 5.74) is 3.11. The Balaban J connectivity index is 1.53. The molecule has 0 saturated heterocycles. The first kappa shape index (κ1) is 23.3. The number of rotatable bonds is 5. The molecule has 8 nitrogen and oxygen atoms in total. The molecule has 1 aliphatic heterocycles. The van der Waals surface area contributed by atoms with Crippen LogP contribution in [0.5, 0.6) is 5.75 Å². The zero-order valence-corrected chi connectivity index (χ0v) is 19.7. The van der Waals surface area contributed by atoms with Crippen LogP contribution in [0.25, 0.3) is 0 Å². The lowest BCUT2D eigenvalue weighted by Crippen LogP contribution is -2.35. The van der Waals surface area contributed by atoms with E-state index in [4.69, 9.17) is 4.74 Å². The number of anilines is 3. The highest BCUT2D eigenvalue weighted by molar-refractivity contribution is 7.92. The quantitative estimate of drug-likeness (QED) is 0.543. The van der Waals surface area contributed by atoms with E-state index in [0.29, 0.717) is 35.8 Å². The number of benzene rings is 3. The van der Waals surface area contributed by atoms with Crippen molar-refractivity contribution in [2.45, 2.75) is 24.7 Å². The lowest BCUT2D eigenvalue weighted by molar-refractivity contribution is -0.132. The van der Waals surface area contributed by atoms with Crippen LogP contribution in [0.2, 0.25) is 0 Å². The van der Waals surface area contributed by atoms with Crippen LogP contribution in [0.1, 0.15) is 17.5 Å². The number of amides is 2. The molecule has 0 radical (unpaired) electrons. The number of methoxy groups -OCH3 is 1. The normalized spacial score (nSPS) is 13.1. The number of aryl methyl sites for hydroxylation is 2. The van der Waals surface area contributed by atoms with E-state index in [0.717, 1.165) is 17.5 Å². The zero-order chi connectivity index (χ0) is 24.3. The van der Waals surface area contributed by atoms with E-state index in [9.17, 15) is 18.0 Å². The minimum atomic E-state index is -3.77. The van der Waals surface area contributed by atoms with Crippen LogP contribution < -0.4 is 19.7 Å². The molecular weight excluding hydrogens is 454 g/mol. The van der Waals surface area contributed by atoms with Crippen LogP contribution in [-0.2, 0) is 26.0 Å². The van der Waals surface area contributed by atoms with Gasteiger partial charge in [-0.05, 0) is 73.9 Å². The maximum atomic E-state index is 13.3. The first-order valence-electron chi connectivity index (χ1n) is 10.8. The Morgan fingerprint density at radius 2 is 1.50 bits per heavy atom. The highest BCUT2D eigenvalue weighted by Crippen LogP contribution is 2.34. The Kier molecular flexibility index (Phi) is 6.56. The number of fused-ring (bicyclic) bond motifs is 1. The van der Waals surface area contributed by atoms with Crippen molar-refractivity contribution in [1.82, 2.24) is 0 Å². The highest BCUT2D eigenvalue weighted by atomic mass is 32.2. The van der Waals surface area contributed by atoms with Gasteiger partial charge >= 0.3 is 11.8 Å². The highest BCUT2D eigenvalue weighted by Gasteiger charge is 2.29. The average molecular weight is 480 g/mol. The predicted molar refractivity (Wildman–Crippen MR) is 131 cm³/mol. The molecule has 0 aliphatic carbocycles. The summed E-state index contributed by atoms with van der Waals surface area (Å²) in [4.78, 5) is 25.0. The monoisotopic (exact) mass is 479 g/mol. The van der Waals surface area contributed by atoms with Gasteiger partial charge in [0.05, 0.1) is 17.7 Å². The topological polar surface area (TPSA) is 105 Å². The number of sulfonamides is 1. The minimum absolute atomic E-state index is 0.208. The molecule has 0 bridgehead atoms. The van der Waals surface area contributed by atoms with Gasteiger partial charge in [0.1, 0.15) is 5.75 Å². The van der Waals surface area contributed by atoms with Crippen LogP contribution in [0, 0.1) is 6.92 Å². The second-order valence-corrected chi connectivity index (χ2v) is 9.84. The fourth-order valence-corrected chi connectivity index (χ4v) is 5.29. The molecule has 2 amide bonds. The number of hydrogen-bond donors (Lipinski definition) is 2. The maximum Gasteiger partial charge on any atom is 0.314 e. The molecule has 0 spiro atoms. The molecule has 0 saturated carbocycles. The zero-order valence-electron chi connectivity index (χ0n) is 18.9. The van der Waals surface area contributed by atoms with Crippen molar-refractivity contribution in [3.8, 4) is 5.75 Å². The lowest BCUT2D eigenvalue weighted by Gasteiger charge is -2.31. The van der Waals surface area contributed by atoms with Crippen molar-refractivity contribution >= 4 is 38.9 Å². The molecule has 0 aromatic heterocycles. The van der Waals surface area contributed by atoms with E-state index in [1.807, 2.05) is 6.92 Å². The van der Waals surface area contributed by atoms with E-state index in [1.165, 1.54) is 11.4 Å². The molecule has 0 fully saturated rings. The van der Waals surface area contributed by atoms with Gasteiger partial charge in [0.25, 0.3) is 10.0 Å². The first-order chi connectivity index (χ1) is 16.3. The van der Waals surface area contributed by atoms with Gasteiger partial charge in [0.15, 0.2) is 0 Å². The van der Waals surface area contributed by atoms with Crippen molar-refractivity contribution in [3.05, 3.63) is 77.9 Å². The molecule has 3 aromatic carbocycles. The number of ether oxygens (including phenoxy) is 1. The number of nitrogens with zero attached hydrogens (tertiary/aromatic N) is 1. The Bertz CT molecular complexity index is 1320. The first-order valence-corrected chi connectivity index (χ1v) is 12.2. The van der Waals surface area contributed by atoms with Gasteiger partial charge < -0.3 is 15.4 Å². The summed E-state index contributed by atoms with van der Waals surface area (Å²) in [6.07, 6.45) is 1.41. The molecule has 4 rings (SSSR count). The van der Waals surface area contributed by atoms with Crippen molar-refractivity contribution in [2.24, 2.45) is 0 Å². The third kappa shape index (κ3) is 4.89. The molecule has 1 heterocycles. The summed E-state index contributed by atoms with van der Waals surface area (Å²) in [6, 6.07) is 18.3. The fraction of sp³-hybridized carbons (Fsp3) is 0.200. The molecule has 0 atom stereocenters. The Morgan fingerprint density at radius 1 is 0.882 bits per heavy atom. The minimum Gasteiger partial charge on any atom is -0.497 e. The van der Waals surface area contributed by atoms with Crippen molar-refractivity contribution in [1.29, 1.82) is 0 Å². The van der Waals surface area contributed by atoms with Crippen molar-refractivity contribution in [3.63, 3.8) is 0 Å². The van der Waals surface area contributed by atoms with E-state index in [-0.39, 0.29) is 4.90 Å². The molecule has 1 aliphatic rings. The second kappa shape index (κ2) is 9.56. The van der Waals surface area contributed by atoms with Gasteiger partial charge in [-0.15, -0.1) is 0 Å². The Labute approximate surface area is 198 Å². The molecule has 0 unspecified atom stereocenters. The molecular formula is C25H25N3O5S. The number of nitrogens with one attached hydrogen (secondary N) is 2. The SMILES string of the molecule is COc1ccc(NC(=O)C(=O)Nc2ccc3c(c2)N(S(=O)(=O)c2ccc(C)cc2)CCC3)cc1. The predicted octanol–water partition coefficient (Wildman–Crippen LogP) is 3.72. The number of carbonyl (C=O) groups is 2. The summed E-state index contributed by atoms with van der Waals surface area (Å²) < 4.78 is 33.1. The Hall–Kier alpha value is -3.85. The van der Waals surface area contributed by atoms with Crippen molar-refractivity contribution < 1.29 is 22.7 Å².